The van der Waals surface area contributed by atoms with E-state index in [-0.39, 0.29) is 11.8 Å². The Morgan fingerprint density at radius 3 is 2.55 bits per heavy atom. The van der Waals surface area contributed by atoms with Crippen LogP contribution in [-0.4, -0.2) is 17.9 Å². The predicted molar refractivity (Wildman–Crippen MR) is 82.8 cm³/mol. The van der Waals surface area contributed by atoms with Gasteiger partial charge in [0.2, 0.25) is 11.8 Å². The van der Waals surface area contributed by atoms with Crippen molar-refractivity contribution in [1.82, 2.24) is 5.32 Å². The van der Waals surface area contributed by atoms with Crippen molar-refractivity contribution in [2.24, 2.45) is 0 Å². The Bertz CT molecular complexity index is 685. The van der Waals surface area contributed by atoms with Gasteiger partial charge in [-0.2, -0.15) is 0 Å². The second kappa shape index (κ2) is 6.30. The van der Waals surface area contributed by atoms with E-state index in [1.807, 2.05) is 42.5 Å². The molecule has 1 aliphatic rings. The van der Waals surface area contributed by atoms with E-state index in [2.05, 4.69) is 10.6 Å². The van der Waals surface area contributed by atoms with Crippen LogP contribution in [0.2, 0.25) is 0 Å². The summed E-state index contributed by atoms with van der Waals surface area (Å²) in [6, 6.07) is 16.1. The molecule has 0 saturated carbocycles. The Balaban J connectivity index is 1.74. The first-order chi connectivity index (χ1) is 10.7. The van der Waals surface area contributed by atoms with Crippen LogP contribution < -0.4 is 15.4 Å². The Morgan fingerprint density at radius 1 is 1.09 bits per heavy atom. The van der Waals surface area contributed by atoms with Gasteiger partial charge in [-0.1, -0.05) is 30.3 Å². The first-order valence-corrected chi connectivity index (χ1v) is 7.14. The maximum absolute atomic E-state index is 12.2. The van der Waals surface area contributed by atoms with E-state index in [0.717, 1.165) is 0 Å². The summed E-state index contributed by atoms with van der Waals surface area (Å²) in [6.45, 7) is 0. The van der Waals surface area contributed by atoms with Gasteiger partial charge >= 0.3 is 0 Å². The molecule has 5 nitrogen and oxygen atoms in total. The number of para-hydroxylation sites is 3. The number of nitrogens with one attached hydrogen (secondary N) is 2. The Kier molecular flexibility index (Phi) is 4.05. The Morgan fingerprint density at radius 2 is 1.82 bits per heavy atom. The minimum Gasteiger partial charge on any atom is -0.455 e. The lowest BCUT2D eigenvalue weighted by Crippen LogP contribution is -2.37. The van der Waals surface area contributed by atoms with Gasteiger partial charge in [0.15, 0.2) is 5.75 Å². The Hall–Kier alpha value is -2.82. The molecule has 1 atom stereocenters. The van der Waals surface area contributed by atoms with Crippen molar-refractivity contribution in [3.63, 3.8) is 0 Å². The van der Waals surface area contributed by atoms with E-state index in [9.17, 15) is 9.59 Å². The Labute approximate surface area is 128 Å². The monoisotopic (exact) mass is 296 g/mol. The summed E-state index contributed by atoms with van der Waals surface area (Å²) in [4.78, 5) is 23.4. The predicted octanol–water partition coefficient (Wildman–Crippen LogP) is 2.70. The third-order valence-corrected chi connectivity index (χ3v) is 3.43. The van der Waals surface area contributed by atoms with Crippen molar-refractivity contribution in [1.29, 1.82) is 0 Å². The zero-order valence-electron chi connectivity index (χ0n) is 11.9. The molecule has 1 fully saturated rings. The van der Waals surface area contributed by atoms with Crippen LogP contribution >= 0.6 is 0 Å². The number of carbonyl (C=O) groups is 2. The first-order valence-electron chi connectivity index (χ1n) is 7.14. The van der Waals surface area contributed by atoms with Gasteiger partial charge in [-0.05, 0) is 30.7 Å². The maximum Gasteiger partial charge on any atom is 0.247 e. The highest BCUT2D eigenvalue weighted by Gasteiger charge is 2.27. The highest BCUT2D eigenvalue weighted by Crippen LogP contribution is 2.29. The second-order valence-electron chi connectivity index (χ2n) is 5.06. The molecular weight excluding hydrogens is 280 g/mol. The molecule has 1 aliphatic heterocycles. The van der Waals surface area contributed by atoms with Crippen LogP contribution in [0.5, 0.6) is 11.5 Å². The van der Waals surface area contributed by atoms with E-state index < -0.39 is 6.04 Å². The van der Waals surface area contributed by atoms with E-state index in [0.29, 0.717) is 30.0 Å². The number of amides is 2. The number of ether oxygens (including phenoxy) is 1. The molecular formula is C17H16N2O3. The van der Waals surface area contributed by atoms with Crippen molar-refractivity contribution < 1.29 is 14.3 Å². The largest absolute Gasteiger partial charge is 0.455 e. The number of rotatable bonds is 4. The minimum atomic E-state index is -0.475. The standard InChI is InChI=1S/C17H16N2O3/c20-16-11-10-14(18-16)17(21)19-13-8-4-5-9-15(13)22-12-6-2-1-3-7-12/h1-9,14H,10-11H2,(H,18,20)(H,19,21). The fraction of sp³-hybridized carbons (Fsp3) is 0.176. The summed E-state index contributed by atoms with van der Waals surface area (Å²) >= 11 is 0. The van der Waals surface area contributed by atoms with E-state index in [1.165, 1.54) is 0 Å². The topological polar surface area (TPSA) is 67.4 Å². The van der Waals surface area contributed by atoms with Gasteiger partial charge in [-0.3, -0.25) is 9.59 Å². The molecule has 22 heavy (non-hydrogen) atoms. The molecule has 0 bridgehead atoms. The third-order valence-electron chi connectivity index (χ3n) is 3.43. The molecule has 0 aromatic heterocycles. The first kappa shape index (κ1) is 14.1. The van der Waals surface area contributed by atoms with Crippen molar-refractivity contribution in [3.05, 3.63) is 54.6 Å². The average molecular weight is 296 g/mol. The lowest BCUT2D eigenvalue weighted by molar-refractivity contribution is -0.122. The zero-order valence-corrected chi connectivity index (χ0v) is 11.9. The second-order valence-corrected chi connectivity index (χ2v) is 5.06. The molecule has 3 rings (SSSR count). The smallest absolute Gasteiger partial charge is 0.247 e. The lowest BCUT2D eigenvalue weighted by Gasteiger charge is -2.14. The van der Waals surface area contributed by atoms with E-state index >= 15 is 0 Å². The van der Waals surface area contributed by atoms with Crippen molar-refractivity contribution in [2.45, 2.75) is 18.9 Å². The number of anilines is 1. The number of hydrogen-bond donors (Lipinski definition) is 2. The van der Waals surface area contributed by atoms with Crippen LogP contribution in [-0.2, 0) is 9.59 Å². The van der Waals surface area contributed by atoms with E-state index in [4.69, 9.17) is 4.74 Å². The van der Waals surface area contributed by atoms with Crippen molar-refractivity contribution >= 4 is 17.5 Å². The molecule has 5 heteroatoms. The summed E-state index contributed by atoms with van der Waals surface area (Å²) in [5.41, 5.74) is 0.581. The summed E-state index contributed by atoms with van der Waals surface area (Å²) in [5, 5.41) is 5.47. The van der Waals surface area contributed by atoms with E-state index in [1.54, 1.807) is 12.1 Å². The summed E-state index contributed by atoms with van der Waals surface area (Å²) in [7, 11) is 0. The van der Waals surface area contributed by atoms with Crippen LogP contribution in [0.1, 0.15) is 12.8 Å². The highest BCUT2D eigenvalue weighted by atomic mass is 16.5. The molecule has 1 saturated heterocycles. The summed E-state index contributed by atoms with van der Waals surface area (Å²) < 4.78 is 5.79. The number of benzene rings is 2. The minimum absolute atomic E-state index is 0.0889. The van der Waals surface area contributed by atoms with Gasteiger partial charge in [-0.25, -0.2) is 0 Å². The van der Waals surface area contributed by atoms with Gasteiger partial charge in [-0.15, -0.1) is 0 Å². The molecule has 2 aromatic rings. The number of carbonyl (C=O) groups excluding carboxylic acids is 2. The van der Waals surface area contributed by atoms with Crippen LogP contribution in [0.4, 0.5) is 5.69 Å². The van der Waals surface area contributed by atoms with Gasteiger partial charge in [0, 0.05) is 6.42 Å². The normalized spacial score (nSPS) is 16.9. The average Bonchev–Trinajstić information content (AvgIpc) is 2.97. The quantitative estimate of drug-likeness (QED) is 0.911. The van der Waals surface area contributed by atoms with Crippen molar-refractivity contribution in [2.75, 3.05) is 5.32 Å². The highest BCUT2D eigenvalue weighted by molar-refractivity contribution is 5.99. The molecule has 112 valence electrons. The summed E-state index contributed by atoms with van der Waals surface area (Å²) in [6.07, 6.45) is 0.909. The summed E-state index contributed by atoms with van der Waals surface area (Å²) in [5.74, 6) is 0.939. The van der Waals surface area contributed by atoms with Gasteiger partial charge < -0.3 is 15.4 Å². The van der Waals surface area contributed by atoms with Crippen molar-refractivity contribution in [3.8, 4) is 11.5 Å². The van der Waals surface area contributed by atoms with Gasteiger partial charge in [0.1, 0.15) is 11.8 Å². The van der Waals surface area contributed by atoms with Gasteiger partial charge in [0.25, 0.3) is 0 Å². The van der Waals surface area contributed by atoms with Crippen LogP contribution in [0, 0.1) is 0 Å². The zero-order chi connectivity index (χ0) is 15.4. The third kappa shape index (κ3) is 3.25. The fourth-order valence-corrected chi connectivity index (χ4v) is 2.30. The van der Waals surface area contributed by atoms with Crippen LogP contribution in [0.3, 0.4) is 0 Å². The fourth-order valence-electron chi connectivity index (χ4n) is 2.30. The van der Waals surface area contributed by atoms with Gasteiger partial charge in [0.05, 0.1) is 5.69 Å². The molecule has 0 spiro atoms. The molecule has 2 amide bonds. The van der Waals surface area contributed by atoms with Crippen LogP contribution in [0.15, 0.2) is 54.6 Å². The molecule has 0 radical (unpaired) electrons. The molecule has 1 unspecified atom stereocenters. The van der Waals surface area contributed by atoms with Crippen LogP contribution in [0.25, 0.3) is 0 Å². The molecule has 2 N–H and O–H groups in total. The molecule has 0 aliphatic carbocycles. The maximum atomic E-state index is 12.2. The SMILES string of the molecule is O=C1CCC(C(=O)Nc2ccccc2Oc2ccccc2)N1. The molecule has 1 heterocycles. The number of hydrogen-bond acceptors (Lipinski definition) is 3. The lowest BCUT2D eigenvalue weighted by atomic mass is 10.2. The molecule has 2 aromatic carbocycles.